The van der Waals surface area contributed by atoms with Crippen LogP contribution in [-0.2, 0) is 16.6 Å². The van der Waals surface area contributed by atoms with Gasteiger partial charge in [-0.3, -0.25) is 4.79 Å². The van der Waals surface area contributed by atoms with Crippen molar-refractivity contribution in [2.45, 2.75) is 52.0 Å². The van der Waals surface area contributed by atoms with Gasteiger partial charge in [-0.15, -0.1) is 0 Å². The van der Waals surface area contributed by atoms with Gasteiger partial charge in [0.25, 0.3) is 0 Å². The highest BCUT2D eigenvalue weighted by molar-refractivity contribution is 6.04. The van der Waals surface area contributed by atoms with E-state index >= 15 is 0 Å². The zero-order valence-electron chi connectivity index (χ0n) is 22.0. The summed E-state index contributed by atoms with van der Waals surface area (Å²) in [7, 11) is 3.63. The van der Waals surface area contributed by atoms with Gasteiger partial charge in [0.15, 0.2) is 0 Å². The molecule has 4 heterocycles. The predicted octanol–water partition coefficient (Wildman–Crippen LogP) is 4.11. The summed E-state index contributed by atoms with van der Waals surface area (Å²) in [5.41, 5.74) is 13.2. The fraction of sp³-hybridized carbons (Fsp3) is 0.448. The van der Waals surface area contributed by atoms with E-state index in [-0.39, 0.29) is 5.92 Å². The van der Waals surface area contributed by atoms with Crippen LogP contribution < -0.4 is 5.73 Å². The highest BCUT2D eigenvalue weighted by Gasteiger charge is 2.33. The summed E-state index contributed by atoms with van der Waals surface area (Å²) >= 11 is 0. The zero-order valence-corrected chi connectivity index (χ0v) is 22.0. The monoisotopic (exact) mass is 498 g/mol. The number of hydrogen-bond acceptors (Lipinski definition) is 6. The number of aromatic nitrogens is 4. The first-order valence-electron chi connectivity index (χ1n) is 12.9. The van der Waals surface area contributed by atoms with Gasteiger partial charge in [0.05, 0.1) is 11.1 Å². The third-order valence-electron chi connectivity index (χ3n) is 7.71. The number of rotatable bonds is 4. The molecule has 2 N–H and O–H groups in total. The molecule has 3 aromatic heterocycles. The number of ether oxygens (including phenoxy) is 1. The third kappa shape index (κ3) is 4.60. The van der Waals surface area contributed by atoms with E-state index in [4.69, 9.17) is 10.5 Å². The fourth-order valence-electron chi connectivity index (χ4n) is 5.76. The molecule has 0 aromatic carbocycles. The number of likely N-dealkylation sites (tertiary alicyclic amines) is 1. The third-order valence-corrected chi connectivity index (χ3v) is 7.71. The first kappa shape index (κ1) is 25.0. The Kier molecular flexibility index (Phi) is 6.98. The molecular formula is C29H34N6O2. The molecule has 192 valence electrons. The molecule has 0 bridgehead atoms. The Morgan fingerprint density at radius 3 is 2.78 bits per heavy atom. The van der Waals surface area contributed by atoms with Gasteiger partial charge in [-0.2, -0.15) is 0 Å². The topological polar surface area (TPSA) is 99.2 Å². The summed E-state index contributed by atoms with van der Waals surface area (Å²) in [6, 6.07) is 2.34. The molecule has 37 heavy (non-hydrogen) atoms. The lowest BCUT2D eigenvalue weighted by atomic mass is 9.84. The number of nitrogen functional groups attached to an aromatic ring is 1. The van der Waals surface area contributed by atoms with Gasteiger partial charge >= 0.3 is 0 Å². The Bertz CT molecular complexity index is 1440. The fourth-order valence-corrected chi connectivity index (χ4v) is 5.76. The number of allylic oxidation sites excluding steroid dienone is 2. The molecule has 5 rings (SSSR count). The van der Waals surface area contributed by atoms with Crippen molar-refractivity contribution in [3.63, 3.8) is 0 Å². The second-order valence-electron chi connectivity index (χ2n) is 10.1. The van der Waals surface area contributed by atoms with Crippen LogP contribution in [0.15, 0.2) is 24.7 Å². The number of nitrogens with zero attached hydrogens (tertiary/aromatic N) is 5. The number of methoxy groups -OCH3 is 1. The summed E-state index contributed by atoms with van der Waals surface area (Å²) in [6.45, 7) is 5.47. The van der Waals surface area contributed by atoms with Gasteiger partial charge in [-0.1, -0.05) is 12.0 Å². The van der Waals surface area contributed by atoms with Gasteiger partial charge in [-0.05, 0) is 69.1 Å². The minimum Gasteiger partial charge on any atom is -0.383 e. The van der Waals surface area contributed by atoms with Crippen molar-refractivity contribution >= 4 is 28.3 Å². The number of carbonyl (C=O) groups excluding carboxylic acids is 1. The second-order valence-corrected chi connectivity index (χ2v) is 10.1. The first-order chi connectivity index (χ1) is 17.9. The average molecular weight is 499 g/mol. The highest BCUT2D eigenvalue weighted by atomic mass is 16.5. The van der Waals surface area contributed by atoms with Crippen LogP contribution in [0.4, 0.5) is 5.82 Å². The van der Waals surface area contributed by atoms with Gasteiger partial charge in [0.1, 0.15) is 30.1 Å². The molecule has 1 aliphatic heterocycles. The summed E-state index contributed by atoms with van der Waals surface area (Å²) in [5.74, 6) is 6.80. The number of amides is 1. The van der Waals surface area contributed by atoms with Crippen molar-refractivity contribution in [1.82, 2.24) is 24.4 Å². The molecule has 0 saturated carbocycles. The van der Waals surface area contributed by atoms with E-state index in [1.54, 1.807) is 7.11 Å². The maximum atomic E-state index is 13.2. The Hall–Kier alpha value is -3.70. The Morgan fingerprint density at radius 2 is 2.11 bits per heavy atom. The van der Waals surface area contributed by atoms with E-state index < -0.39 is 0 Å². The lowest BCUT2D eigenvalue weighted by Gasteiger charge is -2.29. The summed E-state index contributed by atoms with van der Waals surface area (Å²) in [5, 5.41) is 0.854. The summed E-state index contributed by atoms with van der Waals surface area (Å²) in [4.78, 5) is 28.8. The number of hydrogen-bond donors (Lipinski definition) is 1. The quantitative estimate of drug-likeness (QED) is 0.544. The molecule has 8 heteroatoms. The van der Waals surface area contributed by atoms with Crippen molar-refractivity contribution in [3.05, 3.63) is 41.5 Å². The second kappa shape index (κ2) is 10.3. The number of aryl methyl sites for hydroxylation is 2. The SMILES string of the molecule is COCC#Cc1cc(C)c(-c2c(C3=CC[C@@H](C(=O)N4CCC[C@H]4C)CC3)c3c(N)ncnc3n2C)cn1. The molecule has 3 aromatic rings. The standard InChI is InChI=1S/C29H34N6O2/c1-18-15-22(8-6-14-37-4)31-16-23(18)26-24(25-27(30)32-17-33-28(25)34(26)3)20-9-11-21(12-10-20)29(36)35-13-5-7-19(35)2/h9,15-17,19,21H,5,7,10-14H2,1-4H3,(H2,30,32,33)/t19-,21-/m1/s1. The van der Waals surface area contributed by atoms with E-state index in [0.29, 0.717) is 30.1 Å². The smallest absolute Gasteiger partial charge is 0.226 e. The molecule has 0 unspecified atom stereocenters. The summed E-state index contributed by atoms with van der Waals surface area (Å²) in [6.07, 6.45) is 10.2. The highest BCUT2D eigenvalue weighted by Crippen LogP contribution is 2.43. The van der Waals surface area contributed by atoms with Crippen LogP contribution >= 0.6 is 0 Å². The molecule has 8 nitrogen and oxygen atoms in total. The van der Waals surface area contributed by atoms with Crippen LogP contribution in [-0.4, -0.2) is 56.6 Å². The van der Waals surface area contributed by atoms with Crippen molar-refractivity contribution in [3.8, 4) is 23.1 Å². The molecule has 1 aliphatic carbocycles. The van der Waals surface area contributed by atoms with Crippen LogP contribution in [0, 0.1) is 24.7 Å². The van der Waals surface area contributed by atoms with Crippen LogP contribution in [0.25, 0.3) is 27.9 Å². The maximum Gasteiger partial charge on any atom is 0.226 e. The number of pyridine rings is 1. The van der Waals surface area contributed by atoms with Crippen LogP contribution in [0.1, 0.15) is 55.8 Å². The molecule has 0 spiro atoms. The number of carbonyl (C=O) groups is 1. The Labute approximate surface area is 217 Å². The van der Waals surface area contributed by atoms with Crippen LogP contribution in [0.5, 0.6) is 0 Å². The van der Waals surface area contributed by atoms with Crippen molar-refractivity contribution < 1.29 is 9.53 Å². The Balaban J connectivity index is 1.56. The summed E-state index contributed by atoms with van der Waals surface area (Å²) < 4.78 is 7.10. The van der Waals surface area contributed by atoms with Gasteiger partial charge in [0, 0.05) is 50.0 Å². The molecular weight excluding hydrogens is 464 g/mol. The number of fused-ring (bicyclic) bond motifs is 1. The largest absolute Gasteiger partial charge is 0.383 e. The van der Waals surface area contributed by atoms with E-state index in [9.17, 15) is 4.79 Å². The Morgan fingerprint density at radius 1 is 1.27 bits per heavy atom. The van der Waals surface area contributed by atoms with Crippen LogP contribution in [0.3, 0.4) is 0 Å². The van der Waals surface area contributed by atoms with Gasteiger partial charge < -0.3 is 19.9 Å². The minimum atomic E-state index is 0.0321. The first-order valence-corrected chi connectivity index (χ1v) is 12.9. The van der Waals surface area contributed by atoms with Gasteiger partial charge in [-0.25, -0.2) is 15.0 Å². The zero-order chi connectivity index (χ0) is 26.1. The van der Waals surface area contributed by atoms with Gasteiger partial charge in [0.2, 0.25) is 5.91 Å². The normalized spacial score (nSPS) is 19.6. The molecule has 1 saturated heterocycles. The predicted molar refractivity (Wildman–Crippen MR) is 145 cm³/mol. The van der Waals surface area contributed by atoms with E-state index in [2.05, 4.69) is 56.2 Å². The molecule has 1 fully saturated rings. The number of anilines is 1. The minimum absolute atomic E-state index is 0.0321. The lowest BCUT2D eigenvalue weighted by molar-refractivity contribution is -0.136. The molecule has 2 aliphatic rings. The lowest BCUT2D eigenvalue weighted by Crippen LogP contribution is -2.38. The molecule has 0 radical (unpaired) electrons. The molecule has 2 atom stereocenters. The van der Waals surface area contributed by atoms with E-state index in [1.165, 1.54) is 11.9 Å². The average Bonchev–Trinajstić information content (AvgIpc) is 3.46. The van der Waals surface area contributed by atoms with Crippen molar-refractivity contribution in [2.24, 2.45) is 13.0 Å². The van der Waals surface area contributed by atoms with Crippen LogP contribution in [0.2, 0.25) is 0 Å². The van der Waals surface area contributed by atoms with E-state index in [1.807, 2.05) is 19.3 Å². The van der Waals surface area contributed by atoms with E-state index in [0.717, 1.165) is 72.1 Å². The maximum absolute atomic E-state index is 13.2. The molecule has 1 amide bonds. The van der Waals surface area contributed by atoms with Crippen molar-refractivity contribution in [2.75, 3.05) is 26.0 Å². The van der Waals surface area contributed by atoms with Crippen molar-refractivity contribution in [1.29, 1.82) is 0 Å². The number of nitrogens with two attached hydrogens (primary N) is 1.